The summed E-state index contributed by atoms with van der Waals surface area (Å²) >= 11 is 0. The van der Waals surface area contributed by atoms with Gasteiger partial charge in [-0.3, -0.25) is 14.6 Å². The highest BCUT2D eigenvalue weighted by Gasteiger charge is 2.07. The van der Waals surface area contributed by atoms with Crippen LogP contribution >= 0.6 is 0 Å². The minimum atomic E-state index is -0.100. The molecule has 0 unspecified atom stereocenters. The lowest BCUT2D eigenvalue weighted by Gasteiger charge is -2.12. The maximum absolute atomic E-state index is 11.9. The van der Waals surface area contributed by atoms with Gasteiger partial charge in [-0.2, -0.15) is 5.10 Å². The summed E-state index contributed by atoms with van der Waals surface area (Å²) in [5.41, 5.74) is 4.60. The van der Waals surface area contributed by atoms with Crippen molar-refractivity contribution in [1.82, 2.24) is 9.38 Å². The standard InChI is InChI=1S/C14H16N4O/c19-14-10-12(15-13-8-4-5-9-18(13)14)17-16-11-6-2-1-3-7-11/h4-5,8-10,17H,1-3,6-7H2. The van der Waals surface area contributed by atoms with Gasteiger partial charge in [0.1, 0.15) is 5.65 Å². The highest BCUT2D eigenvalue weighted by Crippen LogP contribution is 2.15. The van der Waals surface area contributed by atoms with Gasteiger partial charge in [-0.05, 0) is 37.8 Å². The van der Waals surface area contributed by atoms with Gasteiger partial charge in [-0.1, -0.05) is 12.5 Å². The number of hydrazone groups is 1. The molecular weight excluding hydrogens is 240 g/mol. The van der Waals surface area contributed by atoms with E-state index in [1.54, 1.807) is 12.3 Å². The molecule has 0 aromatic carbocycles. The molecule has 2 aromatic heterocycles. The zero-order valence-corrected chi connectivity index (χ0v) is 10.7. The minimum absolute atomic E-state index is 0.100. The Morgan fingerprint density at radius 1 is 1.21 bits per heavy atom. The number of nitrogens with one attached hydrogen (secondary N) is 1. The second-order valence-corrected chi connectivity index (χ2v) is 4.76. The summed E-state index contributed by atoms with van der Waals surface area (Å²) in [7, 11) is 0. The number of nitrogens with zero attached hydrogens (tertiary/aromatic N) is 3. The van der Waals surface area contributed by atoms with E-state index in [9.17, 15) is 4.79 Å². The molecule has 3 rings (SSSR count). The molecule has 0 amide bonds. The first-order chi connectivity index (χ1) is 9.33. The third kappa shape index (κ3) is 2.65. The van der Waals surface area contributed by atoms with Crippen molar-refractivity contribution in [2.24, 2.45) is 5.10 Å². The van der Waals surface area contributed by atoms with E-state index in [1.165, 1.54) is 35.4 Å². The van der Waals surface area contributed by atoms with Crippen LogP contribution in [0.1, 0.15) is 32.1 Å². The summed E-state index contributed by atoms with van der Waals surface area (Å²) in [6.07, 6.45) is 7.48. The van der Waals surface area contributed by atoms with E-state index in [0.29, 0.717) is 11.5 Å². The van der Waals surface area contributed by atoms with Gasteiger partial charge in [0, 0.05) is 18.0 Å². The summed E-state index contributed by atoms with van der Waals surface area (Å²) in [6.45, 7) is 0. The molecule has 0 spiro atoms. The Morgan fingerprint density at radius 2 is 2.05 bits per heavy atom. The van der Waals surface area contributed by atoms with Gasteiger partial charge in [0.05, 0.1) is 0 Å². The number of anilines is 1. The largest absolute Gasteiger partial charge is 0.269 e. The van der Waals surface area contributed by atoms with Gasteiger partial charge in [-0.15, -0.1) is 0 Å². The molecule has 1 aliphatic rings. The summed E-state index contributed by atoms with van der Waals surface area (Å²) in [4.78, 5) is 16.3. The van der Waals surface area contributed by atoms with E-state index < -0.39 is 0 Å². The maximum Gasteiger partial charge on any atom is 0.260 e. The van der Waals surface area contributed by atoms with Crippen LogP contribution in [0.5, 0.6) is 0 Å². The Hall–Kier alpha value is -2.17. The highest BCUT2D eigenvalue weighted by molar-refractivity contribution is 5.85. The van der Waals surface area contributed by atoms with Gasteiger partial charge >= 0.3 is 0 Å². The Bertz CT molecular complexity index is 666. The molecule has 5 nitrogen and oxygen atoms in total. The van der Waals surface area contributed by atoms with Crippen molar-refractivity contribution < 1.29 is 0 Å². The number of hydrogen-bond acceptors (Lipinski definition) is 4. The molecule has 1 saturated carbocycles. The molecular formula is C14H16N4O. The van der Waals surface area contributed by atoms with Crippen LogP contribution in [-0.2, 0) is 0 Å². The average molecular weight is 256 g/mol. The van der Waals surface area contributed by atoms with E-state index >= 15 is 0 Å². The molecule has 0 radical (unpaired) electrons. The van der Waals surface area contributed by atoms with Crippen molar-refractivity contribution >= 4 is 17.2 Å². The fourth-order valence-electron chi connectivity index (χ4n) is 2.32. The molecule has 2 heterocycles. The topological polar surface area (TPSA) is 58.8 Å². The molecule has 0 aliphatic heterocycles. The summed E-state index contributed by atoms with van der Waals surface area (Å²) in [5.74, 6) is 0.509. The smallest absolute Gasteiger partial charge is 0.260 e. The molecule has 1 aliphatic carbocycles. The molecule has 2 aromatic rings. The van der Waals surface area contributed by atoms with Crippen LogP contribution in [0.25, 0.3) is 5.65 Å². The third-order valence-corrected chi connectivity index (χ3v) is 3.33. The van der Waals surface area contributed by atoms with Crippen LogP contribution in [0.4, 0.5) is 5.82 Å². The molecule has 0 saturated heterocycles. The number of pyridine rings is 1. The average Bonchev–Trinajstić information content (AvgIpc) is 2.46. The maximum atomic E-state index is 11.9. The predicted molar refractivity (Wildman–Crippen MR) is 75.6 cm³/mol. The van der Waals surface area contributed by atoms with Crippen LogP contribution in [0.15, 0.2) is 40.4 Å². The first-order valence-electron chi connectivity index (χ1n) is 6.63. The first kappa shape index (κ1) is 11.9. The summed E-state index contributed by atoms with van der Waals surface area (Å²) in [6, 6.07) is 6.95. The number of rotatable bonds is 2. The molecule has 0 bridgehead atoms. The normalized spacial score (nSPS) is 15.5. The Balaban J connectivity index is 1.87. The van der Waals surface area contributed by atoms with Crippen LogP contribution in [0.2, 0.25) is 0 Å². The molecule has 98 valence electrons. The number of hydrogen-bond donors (Lipinski definition) is 1. The van der Waals surface area contributed by atoms with E-state index in [2.05, 4.69) is 15.5 Å². The Morgan fingerprint density at radius 3 is 2.89 bits per heavy atom. The summed E-state index contributed by atoms with van der Waals surface area (Å²) < 4.78 is 1.51. The van der Waals surface area contributed by atoms with E-state index in [-0.39, 0.29) is 5.56 Å². The molecule has 5 heteroatoms. The van der Waals surface area contributed by atoms with E-state index in [1.807, 2.05) is 12.1 Å². The molecule has 1 N–H and O–H groups in total. The molecule has 0 atom stereocenters. The van der Waals surface area contributed by atoms with Crippen LogP contribution < -0.4 is 11.0 Å². The highest BCUT2D eigenvalue weighted by atomic mass is 16.1. The quantitative estimate of drug-likeness (QED) is 0.839. The zero-order valence-electron chi connectivity index (χ0n) is 10.7. The summed E-state index contributed by atoms with van der Waals surface area (Å²) in [5, 5.41) is 4.36. The van der Waals surface area contributed by atoms with Crippen molar-refractivity contribution in [1.29, 1.82) is 0 Å². The van der Waals surface area contributed by atoms with Crippen molar-refractivity contribution in [3.8, 4) is 0 Å². The lowest BCUT2D eigenvalue weighted by Crippen LogP contribution is -2.15. The lowest BCUT2D eigenvalue weighted by molar-refractivity contribution is 0.665. The fraction of sp³-hybridized carbons (Fsp3) is 0.357. The van der Waals surface area contributed by atoms with Crippen molar-refractivity contribution in [2.75, 3.05) is 5.43 Å². The SMILES string of the molecule is O=c1cc(NN=C2CCCCC2)nc2ccccn12. The zero-order chi connectivity index (χ0) is 13.1. The second-order valence-electron chi connectivity index (χ2n) is 4.76. The van der Waals surface area contributed by atoms with Crippen LogP contribution in [0.3, 0.4) is 0 Å². The van der Waals surface area contributed by atoms with E-state index in [0.717, 1.165) is 12.8 Å². The van der Waals surface area contributed by atoms with Gasteiger partial charge in [0.15, 0.2) is 5.82 Å². The fourth-order valence-corrected chi connectivity index (χ4v) is 2.32. The van der Waals surface area contributed by atoms with E-state index in [4.69, 9.17) is 0 Å². The lowest BCUT2D eigenvalue weighted by atomic mass is 9.99. The van der Waals surface area contributed by atoms with Gasteiger partial charge in [-0.25, -0.2) is 4.98 Å². The van der Waals surface area contributed by atoms with Gasteiger partial charge < -0.3 is 0 Å². The number of fused-ring (bicyclic) bond motifs is 1. The number of aromatic nitrogens is 2. The Labute approximate surface area is 111 Å². The van der Waals surface area contributed by atoms with Crippen LogP contribution in [-0.4, -0.2) is 15.1 Å². The molecule has 1 fully saturated rings. The molecule has 19 heavy (non-hydrogen) atoms. The predicted octanol–water partition coefficient (Wildman–Crippen LogP) is 2.43. The monoisotopic (exact) mass is 256 g/mol. The Kier molecular flexibility index (Phi) is 3.27. The van der Waals surface area contributed by atoms with Crippen LogP contribution in [0, 0.1) is 0 Å². The van der Waals surface area contributed by atoms with Crippen molar-refractivity contribution in [3.05, 3.63) is 40.8 Å². The third-order valence-electron chi connectivity index (χ3n) is 3.33. The van der Waals surface area contributed by atoms with Crippen molar-refractivity contribution in [3.63, 3.8) is 0 Å². The first-order valence-corrected chi connectivity index (χ1v) is 6.63. The second kappa shape index (κ2) is 5.22. The van der Waals surface area contributed by atoms with Gasteiger partial charge in [0.25, 0.3) is 5.56 Å². The minimum Gasteiger partial charge on any atom is -0.269 e. The van der Waals surface area contributed by atoms with Gasteiger partial charge in [0.2, 0.25) is 0 Å². The van der Waals surface area contributed by atoms with Crippen molar-refractivity contribution in [2.45, 2.75) is 32.1 Å².